The van der Waals surface area contributed by atoms with Crippen molar-refractivity contribution in [2.24, 2.45) is 0 Å². The molecule has 1 nitrogen and oxygen atoms in total. The van der Waals surface area contributed by atoms with E-state index < -0.39 is 7.14 Å². The van der Waals surface area contributed by atoms with Crippen LogP contribution in [-0.2, 0) is 10.7 Å². The lowest BCUT2D eigenvalue weighted by Gasteiger charge is -2.09. The highest BCUT2D eigenvalue weighted by Gasteiger charge is 2.60. The van der Waals surface area contributed by atoms with E-state index in [9.17, 15) is 4.57 Å². The van der Waals surface area contributed by atoms with Gasteiger partial charge in [-0.05, 0) is 5.56 Å². The smallest absolute Gasteiger partial charge is 0.150 e. The maximum Gasteiger partial charge on any atom is 0.150 e. The second-order valence-corrected chi connectivity index (χ2v) is 6.84. The van der Waals surface area contributed by atoms with E-state index in [1.807, 2.05) is 0 Å². The molecule has 1 unspecified atom stereocenters. The third kappa shape index (κ3) is 0.580. The molecule has 0 radical (unpaired) electrons. The van der Waals surface area contributed by atoms with E-state index in [0.29, 0.717) is 21.2 Å². The van der Waals surface area contributed by atoms with Crippen LogP contribution in [0.2, 0.25) is 15.1 Å². The SMILES string of the molecule is O=P12Cc3c(Cl)c(Cl)c(Cl)c1c32. The van der Waals surface area contributed by atoms with Gasteiger partial charge in [0, 0.05) is 16.8 Å². The van der Waals surface area contributed by atoms with E-state index in [1.165, 1.54) is 0 Å². The molecule has 0 fully saturated rings. The van der Waals surface area contributed by atoms with E-state index >= 15 is 0 Å². The molecule has 0 amide bonds. The molecule has 0 aliphatic carbocycles. The van der Waals surface area contributed by atoms with Gasteiger partial charge < -0.3 is 4.57 Å². The van der Waals surface area contributed by atoms with Crippen LogP contribution in [0, 0.1) is 0 Å². The van der Waals surface area contributed by atoms with E-state index in [1.54, 1.807) is 0 Å². The second-order valence-electron chi connectivity index (χ2n) is 3.02. The van der Waals surface area contributed by atoms with Gasteiger partial charge in [-0.1, -0.05) is 34.8 Å². The zero-order chi connectivity index (χ0) is 8.67. The van der Waals surface area contributed by atoms with Crippen molar-refractivity contribution in [1.29, 1.82) is 0 Å². The molecular formula is C7H2Cl3OP. The Balaban J connectivity index is 2.50. The summed E-state index contributed by atoms with van der Waals surface area (Å²) in [5, 5.41) is 2.95. The Labute approximate surface area is 84.0 Å². The van der Waals surface area contributed by atoms with Crippen molar-refractivity contribution in [2.75, 3.05) is 0 Å². The van der Waals surface area contributed by atoms with E-state index in [0.717, 1.165) is 16.2 Å². The van der Waals surface area contributed by atoms with Crippen molar-refractivity contribution >= 4 is 52.6 Å². The normalized spacial score (nSPS) is 27.9. The van der Waals surface area contributed by atoms with Crippen LogP contribution < -0.4 is 10.6 Å². The van der Waals surface area contributed by atoms with Crippen LogP contribution in [0.15, 0.2) is 0 Å². The minimum absolute atomic E-state index is 0.363. The maximum atomic E-state index is 11.7. The molecule has 0 bridgehead atoms. The van der Waals surface area contributed by atoms with Gasteiger partial charge in [-0.2, -0.15) is 0 Å². The summed E-state index contributed by atoms with van der Waals surface area (Å²) in [6, 6.07) is 0. The van der Waals surface area contributed by atoms with Gasteiger partial charge in [-0.15, -0.1) is 0 Å². The highest BCUT2D eigenvalue weighted by molar-refractivity contribution is 7.91. The second kappa shape index (κ2) is 1.88. The Kier molecular flexibility index (Phi) is 1.21. The predicted molar refractivity (Wildman–Crippen MR) is 52.1 cm³/mol. The standard InChI is InChI=1S/C7H2Cl3OP/c8-3-2-1-12(11)6(2)7(12)5(10)4(3)9/h1H2. The van der Waals surface area contributed by atoms with Gasteiger partial charge in [0.2, 0.25) is 0 Å². The molecule has 5 heteroatoms. The summed E-state index contributed by atoms with van der Waals surface area (Å²) in [4.78, 5) is 0. The Morgan fingerprint density at radius 3 is 2.33 bits per heavy atom. The minimum Gasteiger partial charge on any atom is -0.313 e. The lowest BCUT2D eigenvalue weighted by molar-refractivity contribution is 0.588. The van der Waals surface area contributed by atoms with Crippen LogP contribution in [0.4, 0.5) is 0 Å². The molecule has 0 N–H and O–H groups in total. The quantitative estimate of drug-likeness (QED) is 0.502. The largest absolute Gasteiger partial charge is 0.313 e. The molecule has 0 saturated heterocycles. The number of hydrogen-bond acceptors (Lipinski definition) is 1. The zero-order valence-corrected chi connectivity index (χ0v) is 8.86. The third-order valence-corrected chi connectivity index (χ3v) is 6.84. The van der Waals surface area contributed by atoms with Gasteiger partial charge in [0.1, 0.15) is 0 Å². The molecule has 2 aliphatic rings. The van der Waals surface area contributed by atoms with Crippen LogP contribution in [-0.4, -0.2) is 0 Å². The first-order chi connectivity index (χ1) is 5.57. The molecule has 1 aromatic rings. The van der Waals surface area contributed by atoms with Gasteiger partial charge >= 0.3 is 0 Å². The minimum atomic E-state index is -2.12. The Morgan fingerprint density at radius 2 is 1.67 bits per heavy atom. The van der Waals surface area contributed by atoms with Crippen LogP contribution in [0.3, 0.4) is 0 Å². The molecule has 1 atom stereocenters. The van der Waals surface area contributed by atoms with Gasteiger partial charge in [-0.25, -0.2) is 0 Å². The summed E-state index contributed by atoms with van der Waals surface area (Å²) in [6.07, 6.45) is 0.572. The lowest BCUT2D eigenvalue weighted by Crippen LogP contribution is -2.06. The highest BCUT2D eigenvalue weighted by Crippen LogP contribution is 2.70. The summed E-state index contributed by atoms with van der Waals surface area (Å²) < 4.78 is 11.7. The molecule has 0 spiro atoms. The summed E-state index contributed by atoms with van der Waals surface area (Å²) in [5.74, 6) is 0. The number of rotatable bonds is 0. The van der Waals surface area contributed by atoms with Crippen LogP contribution in [0.5, 0.6) is 0 Å². The summed E-state index contributed by atoms with van der Waals surface area (Å²) in [6.45, 7) is 0. The fourth-order valence-electron chi connectivity index (χ4n) is 1.76. The van der Waals surface area contributed by atoms with Gasteiger partial charge in [0.15, 0.2) is 7.14 Å². The monoisotopic (exact) mass is 238 g/mol. The molecule has 12 heavy (non-hydrogen) atoms. The van der Waals surface area contributed by atoms with Crippen LogP contribution in [0.1, 0.15) is 5.56 Å². The van der Waals surface area contributed by atoms with Crippen LogP contribution >= 0.6 is 41.9 Å². The first-order valence-electron chi connectivity index (χ1n) is 3.37. The average molecular weight is 239 g/mol. The fraction of sp³-hybridized carbons (Fsp3) is 0.143. The van der Waals surface area contributed by atoms with Gasteiger partial charge in [0.05, 0.1) is 15.1 Å². The van der Waals surface area contributed by atoms with Crippen molar-refractivity contribution in [1.82, 2.24) is 0 Å². The Morgan fingerprint density at radius 1 is 1.00 bits per heavy atom. The molecule has 0 saturated carbocycles. The topological polar surface area (TPSA) is 17.1 Å². The summed E-state index contributed by atoms with van der Waals surface area (Å²) >= 11 is 17.6. The predicted octanol–water partition coefficient (Wildman–Crippen LogP) is 2.79. The molecule has 0 aromatic heterocycles. The Hall–Kier alpha value is 0.320. The van der Waals surface area contributed by atoms with Crippen molar-refractivity contribution in [3.63, 3.8) is 0 Å². The molecule has 1 aromatic carbocycles. The number of halogens is 3. The van der Waals surface area contributed by atoms with Crippen molar-refractivity contribution in [3.8, 4) is 0 Å². The van der Waals surface area contributed by atoms with Crippen molar-refractivity contribution < 1.29 is 4.57 Å². The molecule has 2 heterocycles. The maximum absolute atomic E-state index is 11.7. The number of hydrogen-bond donors (Lipinski definition) is 0. The number of fused-ring (bicyclic) bond motifs is 1. The van der Waals surface area contributed by atoms with Crippen LogP contribution in [0.25, 0.3) is 0 Å². The average Bonchev–Trinajstić information content (AvgIpc) is 2.49. The van der Waals surface area contributed by atoms with E-state index in [2.05, 4.69) is 0 Å². The third-order valence-electron chi connectivity index (χ3n) is 2.42. The van der Waals surface area contributed by atoms with Crippen molar-refractivity contribution in [3.05, 3.63) is 20.6 Å². The van der Waals surface area contributed by atoms with Gasteiger partial charge in [-0.3, -0.25) is 0 Å². The zero-order valence-electron chi connectivity index (χ0n) is 5.70. The Bertz CT molecular complexity index is 477. The first kappa shape index (κ1) is 7.70. The number of benzene rings is 1. The molecule has 3 rings (SSSR count). The summed E-state index contributed by atoms with van der Waals surface area (Å²) in [7, 11) is -2.12. The molecule has 2 aliphatic heterocycles. The van der Waals surface area contributed by atoms with E-state index in [4.69, 9.17) is 34.8 Å². The van der Waals surface area contributed by atoms with Gasteiger partial charge in [0.25, 0.3) is 0 Å². The first-order valence-corrected chi connectivity index (χ1v) is 6.39. The fourth-order valence-corrected chi connectivity index (χ4v) is 6.13. The molecular weight excluding hydrogens is 237 g/mol. The highest BCUT2D eigenvalue weighted by atomic mass is 35.5. The van der Waals surface area contributed by atoms with E-state index in [-0.39, 0.29) is 0 Å². The van der Waals surface area contributed by atoms with Crippen molar-refractivity contribution in [2.45, 2.75) is 6.16 Å². The summed E-state index contributed by atoms with van der Waals surface area (Å²) in [5.41, 5.74) is 0.949. The lowest BCUT2D eigenvalue weighted by atomic mass is 10.2. The molecule has 62 valence electrons.